The normalized spacial score (nSPS) is 8.83. The summed E-state index contributed by atoms with van der Waals surface area (Å²) in [7, 11) is 0. The maximum atomic E-state index is 4.83. The Morgan fingerprint density at radius 2 is 1.25 bits per heavy atom. The van der Waals surface area contributed by atoms with E-state index in [0.29, 0.717) is 0 Å². The zero-order chi connectivity index (χ0) is 8.81. The van der Waals surface area contributed by atoms with Gasteiger partial charge in [-0.1, -0.05) is 0 Å². The Morgan fingerprint density at radius 1 is 0.833 bits per heavy atom. The fourth-order valence-corrected chi connectivity index (χ4v) is 0.721. The van der Waals surface area contributed by atoms with Gasteiger partial charge < -0.3 is 8.83 Å². The number of aryl methyl sites for hydroxylation is 2. The predicted molar refractivity (Wildman–Crippen MR) is 46.9 cm³/mol. The van der Waals surface area contributed by atoms with Crippen LogP contribution in [0, 0.1) is 13.8 Å². The molecule has 0 radical (unpaired) electrons. The molecule has 0 atom stereocenters. The maximum Gasteiger partial charge on any atom is 0.100 e. The molecule has 0 spiro atoms. The van der Waals surface area contributed by atoms with Crippen molar-refractivity contribution in [2.75, 3.05) is 0 Å². The number of hydrogen-bond acceptors (Lipinski definition) is 2. The Kier molecular flexibility index (Phi) is 3.20. The lowest BCUT2D eigenvalue weighted by Gasteiger charge is -1.69. The highest BCUT2D eigenvalue weighted by molar-refractivity contribution is 4.94. The molecule has 0 unspecified atom stereocenters. The fourth-order valence-electron chi connectivity index (χ4n) is 0.721. The topological polar surface area (TPSA) is 26.3 Å². The fraction of sp³-hybridized carbons (Fsp3) is 0.200. The van der Waals surface area contributed by atoms with Gasteiger partial charge in [0.2, 0.25) is 0 Å². The second-order valence-electron chi connectivity index (χ2n) is 2.45. The zero-order valence-corrected chi connectivity index (χ0v) is 7.28. The zero-order valence-electron chi connectivity index (χ0n) is 7.28. The van der Waals surface area contributed by atoms with Crippen LogP contribution >= 0.6 is 0 Å². The molecule has 64 valence electrons. The van der Waals surface area contributed by atoms with E-state index in [1.807, 2.05) is 38.1 Å². The third kappa shape index (κ3) is 3.10. The molecule has 0 bridgehead atoms. The van der Waals surface area contributed by atoms with Crippen molar-refractivity contribution in [1.82, 2.24) is 0 Å². The van der Waals surface area contributed by atoms with Crippen LogP contribution in [0.15, 0.2) is 45.6 Å². The van der Waals surface area contributed by atoms with E-state index >= 15 is 0 Å². The number of furan rings is 2. The predicted octanol–water partition coefficient (Wildman–Crippen LogP) is 3.18. The van der Waals surface area contributed by atoms with Crippen LogP contribution in [-0.2, 0) is 0 Å². The highest BCUT2D eigenvalue weighted by Gasteiger charge is 1.76. The molecule has 2 heterocycles. The van der Waals surface area contributed by atoms with Crippen LogP contribution in [0.25, 0.3) is 0 Å². The second-order valence-corrected chi connectivity index (χ2v) is 2.45. The van der Waals surface area contributed by atoms with Gasteiger partial charge in [0.05, 0.1) is 12.5 Å². The Hall–Kier alpha value is -1.44. The van der Waals surface area contributed by atoms with E-state index in [2.05, 4.69) is 0 Å². The lowest BCUT2D eigenvalue weighted by molar-refractivity contribution is 0.534. The highest BCUT2D eigenvalue weighted by Crippen LogP contribution is 1.93. The van der Waals surface area contributed by atoms with E-state index in [1.165, 1.54) is 0 Å². The molecule has 2 rings (SSSR count). The third-order valence-corrected chi connectivity index (χ3v) is 1.33. The molecular weight excluding hydrogens is 152 g/mol. The smallest absolute Gasteiger partial charge is 0.100 e. The quantitative estimate of drug-likeness (QED) is 0.597. The van der Waals surface area contributed by atoms with Crippen molar-refractivity contribution < 1.29 is 8.83 Å². The Bertz CT molecular complexity index is 247. The van der Waals surface area contributed by atoms with Crippen LogP contribution in [0.3, 0.4) is 0 Å². The molecule has 0 saturated heterocycles. The Labute approximate surface area is 71.8 Å². The number of rotatable bonds is 0. The molecule has 0 N–H and O–H groups in total. The largest absolute Gasteiger partial charge is 0.470 e. The summed E-state index contributed by atoms with van der Waals surface area (Å²) >= 11 is 0. The summed E-state index contributed by atoms with van der Waals surface area (Å²) in [6, 6.07) is 7.57. The summed E-state index contributed by atoms with van der Waals surface area (Å²) in [5.41, 5.74) is 0. The molecule has 12 heavy (non-hydrogen) atoms. The molecule has 0 saturated carbocycles. The van der Waals surface area contributed by atoms with Crippen LogP contribution in [0.4, 0.5) is 0 Å². The lowest BCUT2D eigenvalue weighted by Crippen LogP contribution is -1.48. The van der Waals surface area contributed by atoms with E-state index in [0.717, 1.165) is 11.5 Å². The van der Waals surface area contributed by atoms with Gasteiger partial charge in [-0.05, 0) is 38.1 Å². The van der Waals surface area contributed by atoms with Crippen molar-refractivity contribution in [3.63, 3.8) is 0 Å². The molecule has 2 heteroatoms. The monoisotopic (exact) mass is 164 g/mol. The average Bonchev–Trinajstić information content (AvgIpc) is 2.63. The Morgan fingerprint density at radius 3 is 1.33 bits per heavy atom. The van der Waals surface area contributed by atoms with E-state index in [-0.39, 0.29) is 0 Å². The minimum Gasteiger partial charge on any atom is -0.470 e. The summed E-state index contributed by atoms with van der Waals surface area (Å²) in [5, 5.41) is 0. The first kappa shape index (κ1) is 8.65. The lowest BCUT2D eigenvalue weighted by atomic mass is 10.5. The van der Waals surface area contributed by atoms with Gasteiger partial charge in [0, 0.05) is 0 Å². The van der Waals surface area contributed by atoms with Gasteiger partial charge in [-0.3, -0.25) is 0 Å². The van der Waals surface area contributed by atoms with Crippen molar-refractivity contribution in [2.45, 2.75) is 13.8 Å². The summed E-state index contributed by atoms with van der Waals surface area (Å²) in [4.78, 5) is 0. The SMILES string of the molecule is Cc1ccco1.Cc1ccco1. The van der Waals surface area contributed by atoms with Gasteiger partial charge in [-0.15, -0.1) is 0 Å². The van der Waals surface area contributed by atoms with Crippen molar-refractivity contribution >= 4 is 0 Å². The van der Waals surface area contributed by atoms with Crippen LogP contribution in [0.5, 0.6) is 0 Å². The summed E-state index contributed by atoms with van der Waals surface area (Å²) in [6.07, 6.45) is 3.32. The van der Waals surface area contributed by atoms with E-state index in [1.54, 1.807) is 12.5 Å². The first-order valence-corrected chi connectivity index (χ1v) is 3.79. The van der Waals surface area contributed by atoms with Gasteiger partial charge in [0.15, 0.2) is 0 Å². The van der Waals surface area contributed by atoms with Crippen LogP contribution < -0.4 is 0 Å². The molecule has 0 aliphatic rings. The van der Waals surface area contributed by atoms with E-state index in [9.17, 15) is 0 Å². The Balaban J connectivity index is 0.000000120. The van der Waals surface area contributed by atoms with E-state index in [4.69, 9.17) is 8.83 Å². The van der Waals surface area contributed by atoms with Crippen molar-refractivity contribution in [1.29, 1.82) is 0 Å². The minimum atomic E-state index is 0.968. The molecule has 2 nitrogen and oxygen atoms in total. The maximum absolute atomic E-state index is 4.83. The molecule has 0 aromatic carbocycles. The first-order valence-electron chi connectivity index (χ1n) is 3.79. The second kappa shape index (κ2) is 4.44. The number of hydrogen-bond donors (Lipinski definition) is 0. The van der Waals surface area contributed by atoms with Gasteiger partial charge in [-0.25, -0.2) is 0 Å². The molecule has 0 amide bonds. The van der Waals surface area contributed by atoms with Gasteiger partial charge in [0.25, 0.3) is 0 Å². The minimum absolute atomic E-state index is 0.968. The van der Waals surface area contributed by atoms with Crippen LogP contribution in [0.2, 0.25) is 0 Å². The summed E-state index contributed by atoms with van der Waals surface area (Å²) < 4.78 is 9.67. The molecule has 0 aliphatic carbocycles. The van der Waals surface area contributed by atoms with Crippen LogP contribution in [0.1, 0.15) is 11.5 Å². The van der Waals surface area contributed by atoms with Gasteiger partial charge in [-0.2, -0.15) is 0 Å². The summed E-state index contributed by atoms with van der Waals surface area (Å²) in [6.45, 7) is 3.83. The van der Waals surface area contributed by atoms with Gasteiger partial charge >= 0.3 is 0 Å². The molecular formula is C10H12O2. The standard InChI is InChI=1S/2C5H6O/c2*1-5-3-2-4-6-5/h2*2-4H,1H3. The van der Waals surface area contributed by atoms with Crippen LogP contribution in [-0.4, -0.2) is 0 Å². The molecule has 0 fully saturated rings. The molecule has 2 aromatic rings. The van der Waals surface area contributed by atoms with Gasteiger partial charge in [0.1, 0.15) is 11.5 Å². The molecule has 2 aromatic heterocycles. The van der Waals surface area contributed by atoms with Crippen molar-refractivity contribution in [2.24, 2.45) is 0 Å². The molecule has 0 aliphatic heterocycles. The van der Waals surface area contributed by atoms with Crippen molar-refractivity contribution in [3.05, 3.63) is 48.3 Å². The average molecular weight is 164 g/mol. The van der Waals surface area contributed by atoms with Crippen molar-refractivity contribution in [3.8, 4) is 0 Å². The highest BCUT2D eigenvalue weighted by atomic mass is 16.3. The first-order chi connectivity index (χ1) is 5.79. The van der Waals surface area contributed by atoms with E-state index < -0.39 is 0 Å². The third-order valence-electron chi connectivity index (χ3n) is 1.33. The summed E-state index contributed by atoms with van der Waals surface area (Å²) in [5.74, 6) is 1.94.